The number of benzene rings is 1. The van der Waals surface area contributed by atoms with Crippen LogP contribution in [0, 0.1) is 5.82 Å². The van der Waals surface area contributed by atoms with Crippen LogP contribution in [0.5, 0.6) is 0 Å². The van der Waals surface area contributed by atoms with Gasteiger partial charge in [-0.05, 0) is 24.3 Å². The Morgan fingerprint density at radius 1 is 0.931 bits per heavy atom. The first-order valence-electron chi connectivity index (χ1n) is 9.46. The Morgan fingerprint density at radius 2 is 1.66 bits per heavy atom. The summed E-state index contributed by atoms with van der Waals surface area (Å²) in [5, 5.41) is 0. The highest BCUT2D eigenvalue weighted by Crippen LogP contribution is 2.23. The standard InChI is InChI=1S/C20H21FN4O4/c21-15-4-1-2-5-16(15)25-12-11-24(20(25)28)14-18(26)22-7-9-23(10-8-22)19(27)17-6-3-13-29-17/h1-6,13H,7-12,14H2. The highest BCUT2D eigenvalue weighted by Gasteiger charge is 2.34. The smallest absolute Gasteiger partial charge is 0.325 e. The SMILES string of the molecule is O=C(CN1CCN(c2ccccc2F)C1=O)N1CCN(C(=O)c2ccco2)CC1. The summed E-state index contributed by atoms with van der Waals surface area (Å²) in [6, 6.07) is 8.98. The predicted octanol–water partition coefficient (Wildman–Crippen LogP) is 1.65. The molecule has 9 heteroatoms. The molecule has 0 atom stereocenters. The molecule has 0 aliphatic carbocycles. The van der Waals surface area contributed by atoms with Gasteiger partial charge in [0.25, 0.3) is 5.91 Å². The molecule has 0 saturated carbocycles. The molecule has 0 unspecified atom stereocenters. The first kappa shape index (κ1) is 19.0. The van der Waals surface area contributed by atoms with Crippen molar-refractivity contribution < 1.29 is 23.2 Å². The number of urea groups is 1. The number of para-hydroxylation sites is 1. The lowest BCUT2D eigenvalue weighted by Gasteiger charge is -2.35. The van der Waals surface area contributed by atoms with Gasteiger partial charge in [-0.15, -0.1) is 0 Å². The monoisotopic (exact) mass is 400 g/mol. The van der Waals surface area contributed by atoms with E-state index in [1.807, 2.05) is 0 Å². The Kier molecular flexibility index (Phi) is 5.20. The number of anilines is 1. The predicted molar refractivity (Wildman–Crippen MR) is 102 cm³/mol. The zero-order valence-electron chi connectivity index (χ0n) is 15.8. The van der Waals surface area contributed by atoms with Crippen LogP contribution in [0.15, 0.2) is 47.1 Å². The van der Waals surface area contributed by atoms with Gasteiger partial charge < -0.3 is 19.1 Å². The summed E-state index contributed by atoms with van der Waals surface area (Å²) in [6.07, 6.45) is 1.45. The van der Waals surface area contributed by atoms with Gasteiger partial charge in [0.2, 0.25) is 5.91 Å². The van der Waals surface area contributed by atoms with Crippen LogP contribution in [0.2, 0.25) is 0 Å². The molecule has 4 rings (SSSR count). The molecule has 3 heterocycles. The highest BCUT2D eigenvalue weighted by atomic mass is 19.1. The molecule has 4 amide bonds. The van der Waals surface area contributed by atoms with Crippen molar-refractivity contribution in [3.63, 3.8) is 0 Å². The first-order valence-corrected chi connectivity index (χ1v) is 9.46. The van der Waals surface area contributed by atoms with Gasteiger partial charge in [-0.2, -0.15) is 0 Å². The van der Waals surface area contributed by atoms with Gasteiger partial charge >= 0.3 is 6.03 Å². The van der Waals surface area contributed by atoms with Crippen molar-refractivity contribution in [1.82, 2.24) is 14.7 Å². The van der Waals surface area contributed by atoms with Crippen molar-refractivity contribution in [1.29, 1.82) is 0 Å². The van der Waals surface area contributed by atoms with Crippen LogP contribution in [0.1, 0.15) is 10.6 Å². The average molecular weight is 400 g/mol. The molecule has 152 valence electrons. The van der Waals surface area contributed by atoms with Crippen LogP contribution in [0.25, 0.3) is 0 Å². The second-order valence-electron chi connectivity index (χ2n) is 6.96. The van der Waals surface area contributed by atoms with Crippen LogP contribution in [-0.4, -0.2) is 78.4 Å². The number of carbonyl (C=O) groups is 3. The van der Waals surface area contributed by atoms with E-state index in [9.17, 15) is 18.8 Å². The number of furan rings is 1. The summed E-state index contributed by atoms with van der Waals surface area (Å²) in [5.74, 6) is -0.566. The van der Waals surface area contributed by atoms with Crippen LogP contribution >= 0.6 is 0 Å². The zero-order chi connectivity index (χ0) is 20.4. The molecule has 2 aliphatic rings. The minimum absolute atomic E-state index is 0.0596. The molecule has 1 aromatic heterocycles. The molecule has 0 spiro atoms. The average Bonchev–Trinajstić information content (AvgIpc) is 3.39. The summed E-state index contributed by atoms with van der Waals surface area (Å²) in [4.78, 5) is 43.6. The molecule has 0 bridgehead atoms. The van der Waals surface area contributed by atoms with Gasteiger partial charge in [0.05, 0.1) is 12.0 Å². The van der Waals surface area contributed by atoms with E-state index in [0.29, 0.717) is 39.3 Å². The molecule has 2 saturated heterocycles. The lowest BCUT2D eigenvalue weighted by molar-refractivity contribution is -0.133. The van der Waals surface area contributed by atoms with Crippen molar-refractivity contribution in [3.05, 3.63) is 54.2 Å². The third kappa shape index (κ3) is 3.80. The van der Waals surface area contributed by atoms with E-state index in [1.165, 1.54) is 22.1 Å². The molecule has 2 aliphatic heterocycles. The van der Waals surface area contributed by atoms with Crippen LogP contribution in [0.4, 0.5) is 14.9 Å². The molecule has 8 nitrogen and oxygen atoms in total. The van der Waals surface area contributed by atoms with E-state index >= 15 is 0 Å². The van der Waals surface area contributed by atoms with Crippen LogP contribution < -0.4 is 4.90 Å². The molecular formula is C20H21FN4O4. The van der Waals surface area contributed by atoms with E-state index in [1.54, 1.807) is 40.1 Å². The van der Waals surface area contributed by atoms with Crippen molar-refractivity contribution >= 4 is 23.5 Å². The molecule has 2 fully saturated rings. The maximum atomic E-state index is 14.0. The number of nitrogens with zero attached hydrogens (tertiary/aromatic N) is 4. The van der Waals surface area contributed by atoms with E-state index in [-0.39, 0.29) is 35.8 Å². The van der Waals surface area contributed by atoms with Crippen molar-refractivity contribution in [2.45, 2.75) is 0 Å². The van der Waals surface area contributed by atoms with Gasteiger partial charge in [0.15, 0.2) is 5.76 Å². The number of hydrogen-bond acceptors (Lipinski definition) is 4. The Labute approximate surface area is 167 Å². The number of piperazine rings is 1. The summed E-state index contributed by atoms with van der Waals surface area (Å²) in [6.45, 7) is 2.22. The fourth-order valence-electron chi connectivity index (χ4n) is 3.60. The number of rotatable bonds is 4. The van der Waals surface area contributed by atoms with Crippen LogP contribution in [0.3, 0.4) is 0 Å². The second kappa shape index (κ2) is 7.94. The Balaban J connectivity index is 1.31. The molecule has 1 aromatic carbocycles. The fourth-order valence-corrected chi connectivity index (χ4v) is 3.60. The second-order valence-corrected chi connectivity index (χ2v) is 6.96. The van der Waals surface area contributed by atoms with Crippen LogP contribution in [-0.2, 0) is 4.79 Å². The topological polar surface area (TPSA) is 77.3 Å². The summed E-state index contributed by atoms with van der Waals surface area (Å²) < 4.78 is 19.1. The Morgan fingerprint density at radius 3 is 2.34 bits per heavy atom. The third-order valence-electron chi connectivity index (χ3n) is 5.22. The number of halogens is 1. The van der Waals surface area contributed by atoms with E-state index < -0.39 is 5.82 Å². The molecule has 2 aromatic rings. The maximum Gasteiger partial charge on any atom is 0.325 e. The van der Waals surface area contributed by atoms with Gasteiger partial charge in [-0.3, -0.25) is 14.5 Å². The third-order valence-corrected chi connectivity index (χ3v) is 5.22. The van der Waals surface area contributed by atoms with Gasteiger partial charge in [0, 0.05) is 39.3 Å². The first-order chi connectivity index (χ1) is 14.0. The van der Waals surface area contributed by atoms with Crippen molar-refractivity contribution in [2.75, 3.05) is 50.7 Å². The molecule has 0 radical (unpaired) electrons. The van der Waals surface area contributed by atoms with Crippen molar-refractivity contribution in [2.24, 2.45) is 0 Å². The van der Waals surface area contributed by atoms with E-state index in [4.69, 9.17) is 4.42 Å². The quantitative estimate of drug-likeness (QED) is 0.782. The molecular weight excluding hydrogens is 379 g/mol. The Hall–Kier alpha value is -3.36. The van der Waals surface area contributed by atoms with Gasteiger partial charge in [-0.1, -0.05) is 12.1 Å². The molecule has 29 heavy (non-hydrogen) atoms. The summed E-state index contributed by atoms with van der Waals surface area (Å²) >= 11 is 0. The number of carbonyl (C=O) groups excluding carboxylic acids is 3. The van der Waals surface area contributed by atoms with E-state index in [2.05, 4.69) is 0 Å². The fraction of sp³-hybridized carbons (Fsp3) is 0.350. The molecule has 0 N–H and O–H groups in total. The minimum atomic E-state index is -0.466. The highest BCUT2D eigenvalue weighted by molar-refractivity contribution is 5.96. The minimum Gasteiger partial charge on any atom is -0.459 e. The van der Waals surface area contributed by atoms with E-state index in [0.717, 1.165) is 0 Å². The Bertz CT molecular complexity index is 909. The normalized spacial score (nSPS) is 17.2. The zero-order valence-corrected chi connectivity index (χ0v) is 15.8. The largest absolute Gasteiger partial charge is 0.459 e. The van der Waals surface area contributed by atoms with Gasteiger partial charge in [0.1, 0.15) is 12.4 Å². The summed E-state index contributed by atoms with van der Waals surface area (Å²) in [5.41, 5.74) is 0.220. The summed E-state index contributed by atoms with van der Waals surface area (Å²) in [7, 11) is 0. The number of hydrogen-bond donors (Lipinski definition) is 0. The maximum absolute atomic E-state index is 14.0. The number of amides is 4. The van der Waals surface area contributed by atoms with Gasteiger partial charge in [-0.25, -0.2) is 9.18 Å². The van der Waals surface area contributed by atoms with Crippen molar-refractivity contribution in [3.8, 4) is 0 Å². The lowest BCUT2D eigenvalue weighted by Crippen LogP contribution is -2.52. The lowest BCUT2D eigenvalue weighted by atomic mass is 10.2.